The summed E-state index contributed by atoms with van der Waals surface area (Å²) in [6.07, 6.45) is 0. The number of aromatic amines is 1. The maximum absolute atomic E-state index is 14.2. The first-order valence-corrected chi connectivity index (χ1v) is 16.6. The van der Waals surface area contributed by atoms with Crippen molar-refractivity contribution in [3.63, 3.8) is 0 Å². The Morgan fingerprint density at radius 3 is 2.43 bits per heavy atom. The van der Waals surface area contributed by atoms with Crippen LogP contribution in [0.3, 0.4) is 0 Å². The molecule has 12 heteroatoms. The summed E-state index contributed by atoms with van der Waals surface area (Å²) in [5, 5.41) is 4.61. The van der Waals surface area contributed by atoms with Crippen molar-refractivity contribution in [3.05, 3.63) is 117 Å². The van der Waals surface area contributed by atoms with E-state index >= 15 is 0 Å². The van der Waals surface area contributed by atoms with E-state index in [2.05, 4.69) is 10.3 Å². The minimum atomic E-state index is -0.854. The van der Waals surface area contributed by atoms with Crippen molar-refractivity contribution in [1.29, 1.82) is 0 Å². The summed E-state index contributed by atoms with van der Waals surface area (Å²) in [5.41, 5.74) is 1.84. The van der Waals surface area contributed by atoms with Gasteiger partial charge in [0.25, 0.3) is 5.91 Å². The lowest BCUT2D eigenvalue weighted by Crippen LogP contribution is -2.32. The molecular weight excluding hydrogens is 639 g/mol. The topological polar surface area (TPSA) is 135 Å². The first kappa shape index (κ1) is 30.5. The number of anilines is 2. The summed E-state index contributed by atoms with van der Waals surface area (Å²) in [7, 11) is 0. The van der Waals surface area contributed by atoms with Gasteiger partial charge in [-0.3, -0.25) is 19.2 Å². The molecule has 236 valence electrons. The summed E-state index contributed by atoms with van der Waals surface area (Å²) in [4.78, 5) is 70.0. The highest BCUT2D eigenvalue weighted by molar-refractivity contribution is 8.00. The molecule has 3 atom stereocenters. The fraction of sp³-hybridized carbons (Fsp3) is 0.171. The zero-order valence-electron chi connectivity index (χ0n) is 24.9. The zero-order chi connectivity index (χ0) is 32.7. The molecule has 7 rings (SSSR count). The Morgan fingerprint density at radius 2 is 1.64 bits per heavy atom. The number of amides is 3. The number of rotatable bonds is 8. The third kappa shape index (κ3) is 5.70. The van der Waals surface area contributed by atoms with Gasteiger partial charge in [-0.15, -0.1) is 0 Å². The number of carbonyl (C=O) groups is 4. The quantitative estimate of drug-likeness (QED) is 0.162. The van der Waals surface area contributed by atoms with E-state index < -0.39 is 34.9 Å². The molecule has 1 fully saturated rings. The van der Waals surface area contributed by atoms with E-state index in [1.165, 1.54) is 12.1 Å². The molecule has 1 saturated heterocycles. The van der Waals surface area contributed by atoms with Crippen LogP contribution in [0.2, 0.25) is 0 Å². The predicted octanol–water partition coefficient (Wildman–Crippen LogP) is 5.58. The lowest BCUT2D eigenvalue weighted by atomic mass is 9.82. The third-order valence-corrected chi connectivity index (χ3v) is 10.5. The van der Waals surface area contributed by atoms with E-state index in [4.69, 9.17) is 9.47 Å². The van der Waals surface area contributed by atoms with Gasteiger partial charge in [-0.1, -0.05) is 71.6 Å². The van der Waals surface area contributed by atoms with Crippen molar-refractivity contribution in [3.8, 4) is 5.75 Å². The molecule has 3 heterocycles. The fourth-order valence-electron chi connectivity index (χ4n) is 6.04. The van der Waals surface area contributed by atoms with Crippen LogP contribution < -0.4 is 19.8 Å². The molecule has 2 unspecified atom stereocenters. The van der Waals surface area contributed by atoms with E-state index in [-0.39, 0.29) is 24.0 Å². The summed E-state index contributed by atoms with van der Waals surface area (Å²) in [5.74, 6) is -2.92. The fourth-order valence-corrected chi connectivity index (χ4v) is 8.55. The lowest BCUT2D eigenvalue weighted by Gasteiger charge is -2.30. The minimum Gasteiger partial charge on any atom is -0.483 e. The van der Waals surface area contributed by atoms with Crippen molar-refractivity contribution in [2.24, 2.45) is 5.92 Å². The van der Waals surface area contributed by atoms with Gasteiger partial charge in [0.1, 0.15) is 11.0 Å². The van der Waals surface area contributed by atoms with Gasteiger partial charge in [0.05, 0.1) is 28.8 Å². The second kappa shape index (κ2) is 12.5. The molecule has 3 amide bonds. The number of fused-ring (bicyclic) bond motifs is 3. The van der Waals surface area contributed by atoms with E-state index in [0.717, 1.165) is 38.8 Å². The summed E-state index contributed by atoms with van der Waals surface area (Å²) in [6.45, 7) is 1.62. The lowest BCUT2D eigenvalue weighted by molar-refractivity contribution is -0.122. The van der Waals surface area contributed by atoms with Gasteiger partial charge >= 0.3 is 10.8 Å². The van der Waals surface area contributed by atoms with E-state index in [0.29, 0.717) is 38.2 Å². The number of H-pyrrole nitrogens is 1. The largest absolute Gasteiger partial charge is 0.483 e. The average Bonchev–Trinajstić information content (AvgIpc) is 3.57. The second-order valence-corrected chi connectivity index (χ2v) is 13.1. The maximum atomic E-state index is 14.2. The molecule has 4 aromatic carbocycles. The monoisotopic (exact) mass is 665 g/mol. The van der Waals surface area contributed by atoms with Gasteiger partial charge in [0, 0.05) is 22.0 Å². The highest BCUT2D eigenvalue weighted by Crippen LogP contribution is 2.54. The number of para-hydroxylation sites is 1. The van der Waals surface area contributed by atoms with Crippen molar-refractivity contribution < 1.29 is 28.7 Å². The van der Waals surface area contributed by atoms with Crippen LogP contribution in [-0.4, -0.2) is 47.1 Å². The summed E-state index contributed by atoms with van der Waals surface area (Å²) < 4.78 is 11.1. The minimum absolute atomic E-state index is 0.220. The number of ether oxygens (including phenoxy) is 2. The number of nitrogens with zero attached hydrogens (tertiary/aromatic N) is 1. The van der Waals surface area contributed by atoms with Crippen LogP contribution in [0.15, 0.2) is 101 Å². The van der Waals surface area contributed by atoms with Crippen molar-refractivity contribution in [2.45, 2.75) is 23.1 Å². The average molecular weight is 666 g/mol. The van der Waals surface area contributed by atoms with E-state index in [9.17, 15) is 24.0 Å². The van der Waals surface area contributed by atoms with Crippen LogP contribution in [0.1, 0.15) is 33.6 Å². The number of nitrogens with one attached hydrogen (secondary N) is 2. The molecule has 5 aromatic rings. The Labute approximate surface area is 276 Å². The molecule has 0 aliphatic carbocycles. The Balaban J connectivity index is 1.17. The standard InChI is InChI=1S/C35H27N3O7S2/c1-2-44-34(42)20-12-15-23(16-13-20)38-32(40)28-27(29-31(37-35(43)47-29)46-30(28)33(38)41)24-9-5-6-10-25(24)45-18-26(39)36-22-14-11-19-7-3-4-8-21(19)17-22/h3-17,27-28,30H,2,18H2,1H3,(H,36,39)(H,37,43)/t27-,28?,30?/m1/s1. The molecule has 2 N–H and O–H groups in total. The smallest absolute Gasteiger partial charge is 0.338 e. The highest BCUT2D eigenvalue weighted by atomic mass is 32.2. The van der Waals surface area contributed by atoms with Gasteiger partial charge in [-0.25, -0.2) is 9.69 Å². The second-order valence-electron chi connectivity index (χ2n) is 11.0. The van der Waals surface area contributed by atoms with Gasteiger partial charge in [-0.2, -0.15) is 0 Å². The van der Waals surface area contributed by atoms with Crippen LogP contribution in [0.25, 0.3) is 10.8 Å². The number of aromatic nitrogens is 1. The third-order valence-electron chi connectivity index (χ3n) is 8.11. The van der Waals surface area contributed by atoms with Crippen molar-refractivity contribution >= 4 is 68.9 Å². The number of thiazole rings is 1. The van der Waals surface area contributed by atoms with Crippen LogP contribution >= 0.6 is 23.1 Å². The molecule has 0 bridgehead atoms. The van der Waals surface area contributed by atoms with Crippen molar-refractivity contribution in [1.82, 2.24) is 4.98 Å². The van der Waals surface area contributed by atoms with Gasteiger partial charge in [0.15, 0.2) is 6.61 Å². The number of thioether (sulfide) groups is 1. The Kier molecular flexibility index (Phi) is 8.12. The van der Waals surface area contributed by atoms with Gasteiger partial charge < -0.3 is 19.8 Å². The molecular formula is C35H27N3O7S2. The summed E-state index contributed by atoms with van der Waals surface area (Å²) >= 11 is 2.15. The summed E-state index contributed by atoms with van der Waals surface area (Å²) in [6, 6.07) is 26.6. The Morgan fingerprint density at radius 1 is 0.894 bits per heavy atom. The molecule has 0 radical (unpaired) electrons. The zero-order valence-corrected chi connectivity index (χ0v) is 26.6. The number of esters is 1. The normalized spacial score (nSPS) is 18.5. The highest BCUT2D eigenvalue weighted by Gasteiger charge is 2.56. The molecule has 47 heavy (non-hydrogen) atoms. The number of imide groups is 1. The van der Waals surface area contributed by atoms with Gasteiger partial charge in [0.2, 0.25) is 11.8 Å². The van der Waals surface area contributed by atoms with Crippen LogP contribution in [-0.2, 0) is 19.1 Å². The predicted molar refractivity (Wildman–Crippen MR) is 179 cm³/mol. The molecule has 1 aromatic heterocycles. The maximum Gasteiger partial charge on any atom is 0.338 e. The SMILES string of the molecule is CCOC(=O)c1ccc(N2C(=O)C3Sc4[nH]c(=O)sc4[C@H](c4ccccc4OCC(=O)Nc4ccc5ccccc5c4)C3C2=O)cc1. The number of hydrogen-bond acceptors (Lipinski definition) is 9. The number of carbonyl (C=O) groups excluding carboxylic acids is 4. The first-order chi connectivity index (χ1) is 22.8. The van der Waals surface area contributed by atoms with E-state index in [1.54, 1.807) is 43.3 Å². The molecule has 0 saturated carbocycles. The number of benzene rings is 4. The molecule has 2 aliphatic rings. The molecule has 0 spiro atoms. The van der Waals surface area contributed by atoms with Crippen LogP contribution in [0.5, 0.6) is 5.75 Å². The van der Waals surface area contributed by atoms with Gasteiger partial charge in [-0.05, 0) is 60.2 Å². The first-order valence-electron chi connectivity index (χ1n) is 14.9. The van der Waals surface area contributed by atoms with E-state index in [1.807, 2.05) is 42.5 Å². The van der Waals surface area contributed by atoms with Crippen molar-refractivity contribution in [2.75, 3.05) is 23.4 Å². The van der Waals surface area contributed by atoms with Crippen LogP contribution in [0, 0.1) is 5.92 Å². The molecule has 10 nitrogen and oxygen atoms in total. The Hall–Kier alpha value is -5.20. The Bertz CT molecular complexity index is 2110. The van der Waals surface area contributed by atoms with Crippen LogP contribution in [0.4, 0.5) is 11.4 Å². The molecule has 2 aliphatic heterocycles. The number of hydrogen-bond donors (Lipinski definition) is 2.